The third-order valence-corrected chi connectivity index (χ3v) is 1.37. The lowest BCUT2D eigenvalue weighted by Crippen LogP contribution is -2.12. The molecule has 1 amide bonds. The molecule has 13 heavy (non-hydrogen) atoms. The van der Waals surface area contributed by atoms with Crippen LogP contribution in [0.3, 0.4) is 0 Å². The molecule has 0 atom stereocenters. The number of hydrazone groups is 1. The molecule has 0 saturated carbocycles. The summed E-state index contributed by atoms with van der Waals surface area (Å²) < 4.78 is 0. The summed E-state index contributed by atoms with van der Waals surface area (Å²) in [4.78, 5) is 10.4. The van der Waals surface area contributed by atoms with Gasteiger partial charge in [0.05, 0.1) is 6.21 Å². The number of nitrogens with zero attached hydrogens (tertiary/aromatic N) is 1. The lowest BCUT2D eigenvalue weighted by molar-refractivity contribution is -0.118. The predicted octanol–water partition coefficient (Wildman–Crippen LogP) is 0.739. The smallest absolute Gasteiger partial charge is 0.236 e. The number of carbonyl (C=O) groups excluding carboxylic acids is 1. The second-order valence-electron chi connectivity index (χ2n) is 2.59. The van der Waals surface area contributed by atoms with E-state index in [9.17, 15) is 4.79 Å². The van der Waals surface area contributed by atoms with Crippen molar-refractivity contribution in [1.82, 2.24) is 5.43 Å². The molecule has 0 unspecified atom stereocenters. The van der Waals surface area contributed by atoms with E-state index in [4.69, 9.17) is 5.73 Å². The second-order valence-corrected chi connectivity index (χ2v) is 2.59. The summed E-state index contributed by atoms with van der Waals surface area (Å²) in [5, 5.41) is 3.71. The SMILES string of the molecule is CC(=O)NN=Cc1ccc(N)cc1. The highest BCUT2D eigenvalue weighted by atomic mass is 16.2. The van der Waals surface area contributed by atoms with Crippen LogP contribution in [-0.4, -0.2) is 12.1 Å². The van der Waals surface area contributed by atoms with Gasteiger partial charge < -0.3 is 5.73 Å². The van der Waals surface area contributed by atoms with Gasteiger partial charge >= 0.3 is 0 Å². The van der Waals surface area contributed by atoms with Crippen molar-refractivity contribution in [2.75, 3.05) is 5.73 Å². The van der Waals surface area contributed by atoms with Gasteiger partial charge in [-0.15, -0.1) is 0 Å². The quantitative estimate of drug-likeness (QED) is 0.397. The predicted molar refractivity (Wildman–Crippen MR) is 52.3 cm³/mol. The molecule has 4 heteroatoms. The van der Waals surface area contributed by atoms with Gasteiger partial charge in [0.2, 0.25) is 5.91 Å². The van der Waals surface area contributed by atoms with E-state index in [2.05, 4.69) is 10.5 Å². The van der Waals surface area contributed by atoms with Crippen molar-refractivity contribution in [2.24, 2.45) is 5.10 Å². The number of anilines is 1. The van der Waals surface area contributed by atoms with E-state index in [1.165, 1.54) is 6.92 Å². The maximum Gasteiger partial charge on any atom is 0.236 e. The Bertz CT molecular complexity index is 316. The fraction of sp³-hybridized carbons (Fsp3) is 0.111. The van der Waals surface area contributed by atoms with Crippen molar-refractivity contribution in [3.05, 3.63) is 29.8 Å². The molecule has 1 aromatic rings. The minimum absolute atomic E-state index is 0.188. The van der Waals surface area contributed by atoms with Crippen LogP contribution in [0.1, 0.15) is 12.5 Å². The molecule has 0 heterocycles. The first-order chi connectivity index (χ1) is 6.18. The van der Waals surface area contributed by atoms with Crippen LogP contribution in [0.4, 0.5) is 5.69 Å². The van der Waals surface area contributed by atoms with Crippen molar-refractivity contribution in [2.45, 2.75) is 6.92 Å². The number of hydrogen-bond donors (Lipinski definition) is 2. The first-order valence-corrected chi connectivity index (χ1v) is 3.83. The van der Waals surface area contributed by atoms with Crippen molar-refractivity contribution in [3.8, 4) is 0 Å². The van der Waals surface area contributed by atoms with Crippen LogP contribution in [0.15, 0.2) is 29.4 Å². The zero-order valence-electron chi connectivity index (χ0n) is 7.32. The molecule has 68 valence electrons. The number of nitrogens with two attached hydrogens (primary N) is 1. The van der Waals surface area contributed by atoms with Crippen molar-refractivity contribution < 1.29 is 4.79 Å². The van der Waals surface area contributed by atoms with E-state index in [-0.39, 0.29) is 5.91 Å². The first kappa shape index (κ1) is 9.25. The minimum atomic E-state index is -0.188. The van der Waals surface area contributed by atoms with Gasteiger partial charge in [0.25, 0.3) is 0 Å². The Morgan fingerprint density at radius 2 is 2.08 bits per heavy atom. The van der Waals surface area contributed by atoms with Gasteiger partial charge in [0.1, 0.15) is 0 Å². The molecule has 0 fully saturated rings. The topological polar surface area (TPSA) is 67.5 Å². The number of rotatable bonds is 2. The molecular weight excluding hydrogens is 166 g/mol. The molecule has 0 aliphatic heterocycles. The number of benzene rings is 1. The van der Waals surface area contributed by atoms with Crippen LogP contribution in [0.2, 0.25) is 0 Å². The largest absolute Gasteiger partial charge is 0.399 e. The molecule has 0 aliphatic rings. The summed E-state index contributed by atoms with van der Waals surface area (Å²) in [6.07, 6.45) is 1.56. The van der Waals surface area contributed by atoms with Gasteiger partial charge in [0.15, 0.2) is 0 Å². The molecule has 0 bridgehead atoms. The Labute approximate surface area is 76.4 Å². The fourth-order valence-electron chi connectivity index (χ4n) is 0.780. The van der Waals surface area contributed by atoms with E-state index in [0.29, 0.717) is 5.69 Å². The number of amides is 1. The van der Waals surface area contributed by atoms with Gasteiger partial charge in [-0.2, -0.15) is 5.10 Å². The highest BCUT2D eigenvalue weighted by Crippen LogP contribution is 2.02. The molecule has 0 spiro atoms. The van der Waals surface area contributed by atoms with E-state index < -0.39 is 0 Å². The molecule has 0 aliphatic carbocycles. The third-order valence-electron chi connectivity index (χ3n) is 1.37. The standard InChI is InChI=1S/C9H11N3O/c1-7(13)12-11-6-8-2-4-9(10)5-3-8/h2-6H,10H2,1H3,(H,12,13). The number of carbonyl (C=O) groups is 1. The Morgan fingerprint density at radius 1 is 1.46 bits per heavy atom. The van der Waals surface area contributed by atoms with Crippen molar-refractivity contribution >= 4 is 17.8 Å². The molecule has 0 saturated heterocycles. The van der Waals surface area contributed by atoms with Gasteiger partial charge in [-0.3, -0.25) is 4.79 Å². The molecule has 0 aromatic heterocycles. The molecule has 0 radical (unpaired) electrons. The number of hydrogen-bond acceptors (Lipinski definition) is 3. The normalized spacial score (nSPS) is 10.2. The van der Waals surface area contributed by atoms with Crippen LogP contribution in [0.25, 0.3) is 0 Å². The van der Waals surface area contributed by atoms with Gasteiger partial charge in [0, 0.05) is 12.6 Å². The lowest BCUT2D eigenvalue weighted by atomic mass is 10.2. The molecular formula is C9H11N3O. The monoisotopic (exact) mass is 177 g/mol. The lowest BCUT2D eigenvalue weighted by Gasteiger charge is -1.94. The molecule has 3 N–H and O–H groups in total. The van der Waals surface area contributed by atoms with Crippen LogP contribution in [-0.2, 0) is 4.79 Å². The Hall–Kier alpha value is -1.84. The van der Waals surface area contributed by atoms with E-state index in [1.807, 2.05) is 12.1 Å². The first-order valence-electron chi connectivity index (χ1n) is 3.83. The third kappa shape index (κ3) is 3.37. The summed E-state index contributed by atoms with van der Waals surface area (Å²) in [7, 11) is 0. The Balaban J connectivity index is 2.59. The average Bonchev–Trinajstić information content (AvgIpc) is 2.08. The molecule has 1 rings (SSSR count). The summed E-state index contributed by atoms with van der Waals surface area (Å²) in [6, 6.07) is 7.19. The summed E-state index contributed by atoms with van der Waals surface area (Å²) in [5.74, 6) is -0.188. The fourth-order valence-corrected chi connectivity index (χ4v) is 0.780. The highest BCUT2D eigenvalue weighted by Gasteiger charge is 1.87. The van der Waals surface area contributed by atoms with E-state index in [0.717, 1.165) is 5.56 Å². The van der Waals surface area contributed by atoms with Crippen LogP contribution in [0.5, 0.6) is 0 Å². The highest BCUT2D eigenvalue weighted by molar-refractivity contribution is 5.82. The molecule has 4 nitrogen and oxygen atoms in total. The van der Waals surface area contributed by atoms with Crippen molar-refractivity contribution in [3.63, 3.8) is 0 Å². The second kappa shape index (κ2) is 4.25. The summed E-state index contributed by atoms with van der Waals surface area (Å²) >= 11 is 0. The Kier molecular flexibility index (Phi) is 3.03. The van der Waals surface area contributed by atoms with E-state index in [1.54, 1.807) is 18.3 Å². The van der Waals surface area contributed by atoms with Crippen LogP contribution in [0, 0.1) is 0 Å². The average molecular weight is 177 g/mol. The minimum Gasteiger partial charge on any atom is -0.399 e. The van der Waals surface area contributed by atoms with Gasteiger partial charge in [-0.1, -0.05) is 12.1 Å². The van der Waals surface area contributed by atoms with Gasteiger partial charge in [-0.05, 0) is 17.7 Å². The maximum absolute atomic E-state index is 10.4. The van der Waals surface area contributed by atoms with Crippen molar-refractivity contribution in [1.29, 1.82) is 0 Å². The number of nitrogens with one attached hydrogen (secondary N) is 1. The summed E-state index contributed by atoms with van der Waals surface area (Å²) in [5.41, 5.74) is 9.39. The zero-order chi connectivity index (χ0) is 9.68. The molecule has 1 aromatic carbocycles. The number of nitrogen functional groups attached to an aromatic ring is 1. The van der Waals surface area contributed by atoms with Crippen LogP contribution < -0.4 is 11.2 Å². The zero-order valence-corrected chi connectivity index (χ0v) is 7.32. The van der Waals surface area contributed by atoms with Crippen LogP contribution >= 0.6 is 0 Å². The van der Waals surface area contributed by atoms with Gasteiger partial charge in [-0.25, -0.2) is 5.43 Å². The maximum atomic E-state index is 10.4. The summed E-state index contributed by atoms with van der Waals surface area (Å²) in [6.45, 7) is 1.40. The Morgan fingerprint density at radius 3 is 2.62 bits per heavy atom. The van der Waals surface area contributed by atoms with E-state index >= 15 is 0 Å².